The summed E-state index contributed by atoms with van der Waals surface area (Å²) in [5.41, 5.74) is 1.39. The summed E-state index contributed by atoms with van der Waals surface area (Å²) >= 11 is 0. The predicted molar refractivity (Wildman–Crippen MR) is 71.9 cm³/mol. The Kier molecular flexibility index (Phi) is 2.79. The summed E-state index contributed by atoms with van der Waals surface area (Å²) < 4.78 is 1.64. The molecule has 3 aromatic rings. The second kappa shape index (κ2) is 4.61. The number of hydrogen-bond acceptors (Lipinski definition) is 4. The molecule has 5 heteroatoms. The molecule has 0 amide bonds. The molecule has 94 valence electrons. The van der Waals surface area contributed by atoms with Crippen LogP contribution in [0.1, 0.15) is 11.4 Å². The largest absolute Gasteiger partial charge is 0.292 e. The molecule has 3 aromatic heterocycles. The molecular formula is C14H12N4O. The fraction of sp³-hybridized carbons (Fsp3) is 0.143. The van der Waals surface area contributed by atoms with Crippen LogP contribution in [-0.4, -0.2) is 19.5 Å². The first-order valence-corrected chi connectivity index (χ1v) is 5.97. The van der Waals surface area contributed by atoms with E-state index in [0.29, 0.717) is 23.4 Å². The molecule has 0 aromatic carbocycles. The minimum atomic E-state index is -0.0700. The Morgan fingerprint density at radius 2 is 2.05 bits per heavy atom. The molecule has 0 atom stereocenters. The lowest BCUT2D eigenvalue weighted by atomic mass is 10.2. The fourth-order valence-electron chi connectivity index (χ4n) is 2.02. The average Bonchev–Trinajstić information content (AvgIpc) is 2.45. The van der Waals surface area contributed by atoms with Crippen molar-refractivity contribution >= 4 is 11.0 Å². The summed E-state index contributed by atoms with van der Waals surface area (Å²) in [6.45, 7) is 2.28. The van der Waals surface area contributed by atoms with Gasteiger partial charge in [0.1, 0.15) is 5.82 Å². The van der Waals surface area contributed by atoms with Gasteiger partial charge in [0, 0.05) is 18.6 Å². The van der Waals surface area contributed by atoms with Crippen molar-refractivity contribution in [3.8, 4) is 0 Å². The highest BCUT2D eigenvalue weighted by Crippen LogP contribution is 2.06. The molecule has 0 aliphatic rings. The zero-order valence-electron chi connectivity index (χ0n) is 10.4. The summed E-state index contributed by atoms with van der Waals surface area (Å²) in [5, 5.41) is 0.539. The van der Waals surface area contributed by atoms with E-state index < -0.39 is 0 Å². The van der Waals surface area contributed by atoms with Crippen LogP contribution in [0.25, 0.3) is 11.0 Å². The molecule has 0 fully saturated rings. The zero-order chi connectivity index (χ0) is 13.2. The summed E-state index contributed by atoms with van der Waals surface area (Å²) in [6, 6.07) is 7.28. The van der Waals surface area contributed by atoms with Crippen molar-refractivity contribution in [1.82, 2.24) is 19.5 Å². The maximum Gasteiger partial charge on any atom is 0.263 e. The molecule has 5 nitrogen and oxygen atoms in total. The van der Waals surface area contributed by atoms with Crippen molar-refractivity contribution < 1.29 is 0 Å². The first-order chi connectivity index (χ1) is 9.25. The van der Waals surface area contributed by atoms with Crippen molar-refractivity contribution in [2.24, 2.45) is 0 Å². The molecule has 0 radical (unpaired) electrons. The van der Waals surface area contributed by atoms with Crippen molar-refractivity contribution in [2.45, 2.75) is 13.5 Å². The second-order valence-electron chi connectivity index (χ2n) is 4.29. The standard InChI is InChI=1S/C14H12N4O/c1-10-17-13-12(5-3-7-16-13)14(19)18(10)9-11-4-2-6-15-8-11/h2-8H,9H2,1H3. The van der Waals surface area contributed by atoms with Crippen LogP contribution in [0, 0.1) is 6.92 Å². The Hall–Kier alpha value is -2.56. The van der Waals surface area contributed by atoms with Gasteiger partial charge in [0.25, 0.3) is 5.56 Å². The summed E-state index contributed by atoms with van der Waals surface area (Å²) in [5.74, 6) is 0.653. The van der Waals surface area contributed by atoms with Gasteiger partial charge < -0.3 is 0 Å². The van der Waals surface area contributed by atoms with Gasteiger partial charge in [0.15, 0.2) is 5.65 Å². The smallest absolute Gasteiger partial charge is 0.263 e. The zero-order valence-corrected chi connectivity index (χ0v) is 10.4. The minimum Gasteiger partial charge on any atom is -0.292 e. The third-order valence-electron chi connectivity index (χ3n) is 2.98. The Morgan fingerprint density at radius 1 is 1.21 bits per heavy atom. The highest BCUT2D eigenvalue weighted by molar-refractivity contribution is 5.72. The average molecular weight is 252 g/mol. The van der Waals surface area contributed by atoms with Gasteiger partial charge in [-0.1, -0.05) is 6.07 Å². The lowest BCUT2D eigenvalue weighted by Gasteiger charge is -2.09. The van der Waals surface area contributed by atoms with Crippen LogP contribution in [0.3, 0.4) is 0 Å². The van der Waals surface area contributed by atoms with E-state index in [-0.39, 0.29) is 5.56 Å². The van der Waals surface area contributed by atoms with E-state index >= 15 is 0 Å². The molecule has 0 N–H and O–H groups in total. The molecule has 3 rings (SSSR count). The van der Waals surface area contributed by atoms with Crippen LogP contribution in [0.2, 0.25) is 0 Å². The first-order valence-electron chi connectivity index (χ1n) is 5.97. The Balaban J connectivity index is 2.16. The highest BCUT2D eigenvalue weighted by Gasteiger charge is 2.08. The summed E-state index contributed by atoms with van der Waals surface area (Å²) in [6.07, 6.45) is 5.10. The van der Waals surface area contributed by atoms with Crippen LogP contribution in [0.4, 0.5) is 0 Å². The van der Waals surface area contributed by atoms with E-state index in [1.807, 2.05) is 19.1 Å². The van der Waals surface area contributed by atoms with Crippen LogP contribution in [-0.2, 0) is 6.54 Å². The SMILES string of the molecule is Cc1nc2ncccc2c(=O)n1Cc1cccnc1. The Bertz CT molecular complexity index is 780. The number of hydrogen-bond donors (Lipinski definition) is 0. The normalized spacial score (nSPS) is 10.8. The number of aryl methyl sites for hydroxylation is 1. The molecule has 0 saturated carbocycles. The van der Waals surface area contributed by atoms with Gasteiger partial charge in [0.2, 0.25) is 0 Å². The predicted octanol–water partition coefficient (Wildman–Crippen LogP) is 1.54. The lowest BCUT2D eigenvalue weighted by molar-refractivity contribution is 0.709. The number of aromatic nitrogens is 4. The van der Waals surface area contributed by atoms with Crippen molar-refractivity contribution in [2.75, 3.05) is 0 Å². The minimum absolute atomic E-state index is 0.0700. The quantitative estimate of drug-likeness (QED) is 0.694. The van der Waals surface area contributed by atoms with E-state index in [1.54, 1.807) is 35.3 Å². The van der Waals surface area contributed by atoms with E-state index in [9.17, 15) is 4.79 Å². The molecule has 0 saturated heterocycles. The van der Waals surface area contributed by atoms with Gasteiger partial charge >= 0.3 is 0 Å². The number of pyridine rings is 2. The number of fused-ring (bicyclic) bond motifs is 1. The van der Waals surface area contributed by atoms with Gasteiger partial charge in [0.05, 0.1) is 11.9 Å². The van der Waals surface area contributed by atoms with Gasteiger partial charge in [-0.15, -0.1) is 0 Å². The molecule has 3 heterocycles. The summed E-state index contributed by atoms with van der Waals surface area (Å²) in [7, 11) is 0. The van der Waals surface area contributed by atoms with Crippen LogP contribution in [0.15, 0.2) is 47.7 Å². The van der Waals surface area contributed by atoms with Crippen LogP contribution >= 0.6 is 0 Å². The molecular weight excluding hydrogens is 240 g/mol. The summed E-state index contributed by atoms with van der Waals surface area (Å²) in [4.78, 5) is 24.9. The maximum absolute atomic E-state index is 12.4. The van der Waals surface area contributed by atoms with E-state index in [0.717, 1.165) is 5.56 Å². The third kappa shape index (κ3) is 2.10. The number of nitrogens with zero attached hydrogens (tertiary/aromatic N) is 4. The second-order valence-corrected chi connectivity index (χ2v) is 4.29. The van der Waals surface area contributed by atoms with Gasteiger partial charge in [-0.3, -0.25) is 14.3 Å². The van der Waals surface area contributed by atoms with Crippen LogP contribution in [0.5, 0.6) is 0 Å². The van der Waals surface area contributed by atoms with E-state index in [4.69, 9.17) is 0 Å². The maximum atomic E-state index is 12.4. The number of rotatable bonds is 2. The molecule has 0 spiro atoms. The van der Waals surface area contributed by atoms with Crippen molar-refractivity contribution in [3.63, 3.8) is 0 Å². The Morgan fingerprint density at radius 3 is 2.84 bits per heavy atom. The molecule has 0 unspecified atom stereocenters. The van der Waals surface area contributed by atoms with Crippen molar-refractivity contribution in [1.29, 1.82) is 0 Å². The lowest BCUT2D eigenvalue weighted by Crippen LogP contribution is -2.24. The molecule has 0 aliphatic carbocycles. The topological polar surface area (TPSA) is 60.7 Å². The highest BCUT2D eigenvalue weighted by atomic mass is 16.1. The molecule has 19 heavy (non-hydrogen) atoms. The molecule has 0 aliphatic heterocycles. The monoisotopic (exact) mass is 252 g/mol. The van der Waals surface area contributed by atoms with Gasteiger partial charge in [-0.25, -0.2) is 9.97 Å². The van der Waals surface area contributed by atoms with Crippen LogP contribution < -0.4 is 5.56 Å². The van der Waals surface area contributed by atoms with E-state index in [2.05, 4.69) is 15.0 Å². The first kappa shape index (κ1) is 11.5. The van der Waals surface area contributed by atoms with Gasteiger partial charge in [-0.2, -0.15) is 0 Å². The van der Waals surface area contributed by atoms with Gasteiger partial charge in [-0.05, 0) is 30.7 Å². The Labute approximate surface area is 109 Å². The fourth-order valence-corrected chi connectivity index (χ4v) is 2.02. The van der Waals surface area contributed by atoms with Crippen molar-refractivity contribution in [3.05, 3.63) is 64.6 Å². The molecule has 0 bridgehead atoms. The van der Waals surface area contributed by atoms with E-state index in [1.165, 1.54) is 0 Å². The third-order valence-corrected chi connectivity index (χ3v) is 2.98.